The molecule has 0 fully saturated rings. The van der Waals surface area contributed by atoms with Gasteiger partial charge in [0.2, 0.25) is 5.75 Å². The average Bonchev–Trinajstić information content (AvgIpc) is 2.34. The lowest BCUT2D eigenvalue weighted by atomic mass is 10.1. The SMILES string of the molecule is CN(C)CCN(C)C(=O)c1cccc([N+](=O)[O-])c1O. The van der Waals surface area contributed by atoms with E-state index < -0.39 is 22.3 Å². The molecule has 0 radical (unpaired) electrons. The molecule has 0 aliphatic heterocycles. The third-order valence-electron chi connectivity index (χ3n) is 2.67. The van der Waals surface area contributed by atoms with Crippen LogP contribution in [0.2, 0.25) is 0 Å². The molecule has 0 heterocycles. The number of benzene rings is 1. The van der Waals surface area contributed by atoms with E-state index in [1.807, 2.05) is 19.0 Å². The van der Waals surface area contributed by atoms with Crippen LogP contribution in [0.5, 0.6) is 5.75 Å². The molecule has 19 heavy (non-hydrogen) atoms. The molecule has 0 atom stereocenters. The van der Waals surface area contributed by atoms with E-state index in [0.717, 1.165) is 6.07 Å². The lowest BCUT2D eigenvalue weighted by Gasteiger charge is -2.20. The van der Waals surface area contributed by atoms with Crippen LogP contribution in [-0.4, -0.2) is 60.0 Å². The van der Waals surface area contributed by atoms with Gasteiger partial charge < -0.3 is 14.9 Å². The summed E-state index contributed by atoms with van der Waals surface area (Å²) in [5, 5.41) is 20.5. The van der Waals surface area contributed by atoms with Gasteiger partial charge in [-0.05, 0) is 20.2 Å². The summed E-state index contributed by atoms with van der Waals surface area (Å²) in [4.78, 5) is 25.4. The Labute approximate surface area is 111 Å². The molecule has 7 nitrogen and oxygen atoms in total. The molecular formula is C12H17N3O4. The maximum absolute atomic E-state index is 12.1. The second kappa shape index (κ2) is 6.14. The number of amides is 1. The third kappa shape index (κ3) is 3.65. The van der Waals surface area contributed by atoms with Gasteiger partial charge in [-0.25, -0.2) is 0 Å². The Bertz CT molecular complexity index is 488. The van der Waals surface area contributed by atoms with E-state index in [4.69, 9.17) is 0 Å². The van der Waals surface area contributed by atoms with Gasteiger partial charge in [0, 0.05) is 26.2 Å². The molecule has 0 aliphatic carbocycles. The first-order valence-corrected chi connectivity index (χ1v) is 5.71. The number of hydrogen-bond donors (Lipinski definition) is 1. The van der Waals surface area contributed by atoms with Gasteiger partial charge in [-0.1, -0.05) is 6.07 Å². The van der Waals surface area contributed by atoms with Crippen molar-refractivity contribution in [3.63, 3.8) is 0 Å². The first-order chi connectivity index (χ1) is 8.84. The van der Waals surface area contributed by atoms with Crippen molar-refractivity contribution in [3.05, 3.63) is 33.9 Å². The number of hydrogen-bond acceptors (Lipinski definition) is 5. The number of aromatic hydroxyl groups is 1. The molecule has 0 saturated heterocycles. The Kier molecular flexibility index (Phi) is 4.82. The van der Waals surface area contributed by atoms with Crippen LogP contribution >= 0.6 is 0 Å². The first-order valence-electron chi connectivity index (χ1n) is 5.71. The summed E-state index contributed by atoms with van der Waals surface area (Å²) in [6.45, 7) is 1.13. The minimum Gasteiger partial charge on any atom is -0.502 e. The fraction of sp³-hybridized carbons (Fsp3) is 0.417. The second-order valence-corrected chi connectivity index (χ2v) is 4.46. The van der Waals surface area contributed by atoms with Crippen molar-refractivity contribution < 1.29 is 14.8 Å². The van der Waals surface area contributed by atoms with Gasteiger partial charge in [0.1, 0.15) is 0 Å². The summed E-state index contributed by atoms with van der Waals surface area (Å²) in [7, 11) is 5.34. The number of carbonyl (C=O) groups is 1. The normalized spacial score (nSPS) is 10.5. The standard InChI is InChI=1S/C12H17N3O4/c1-13(2)7-8-14(3)12(17)9-5-4-6-10(11(9)16)15(18)19/h4-6,16H,7-8H2,1-3H3. The van der Waals surface area contributed by atoms with E-state index in [9.17, 15) is 20.0 Å². The molecule has 0 unspecified atom stereocenters. The minimum atomic E-state index is -0.716. The molecule has 7 heteroatoms. The van der Waals surface area contributed by atoms with Crippen LogP contribution < -0.4 is 0 Å². The molecule has 0 bridgehead atoms. The lowest BCUT2D eigenvalue weighted by molar-refractivity contribution is -0.385. The molecule has 104 valence electrons. The summed E-state index contributed by atoms with van der Waals surface area (Å²) < 4.78 is 0. The van der Waals surface area contributed by atoms with Crippen molar-refractivity contribution in [2.45, 2.75) is 0 Å². The highest BCUT2D eigenvalue weighted by Crippen LogP contribution is 2.29. The van der Waals surface area contributed by atoms with Gasteiger partial charge in [-0.15, -0.1) is 0 Å². The van der Waals surface area contributed by atoms with Gasteiger partial charge in [0.05, 0.1) is 10.5 Å². The Morgan fingerprint density at radius 1 is 1.32 bits per heavy atom. The number of para-hydroxylation sites is 1. The quantitative estimate of drug-likeness (QED) is 0.633. The number of nitro groups is 1. The Morgan fingerprint density at radius 2 is 1.95 bits per heavy atom. The van der Waals surface area contributed by atoms with Gasteiger partial charge in [0.15, 0.2) is 0 Å². The predicted molar refractivity (Wildman–Crippen MR) is 70.3 cm³/mol. The average molecular weight is 267 g/mol. The predicted octanol–water partition coefficient (Wildman–Crippen LogP) is 0.934. The summed E-state index contributed by atoms with van der Waals surface area (Å²) in [5.74, 6) is -1.03. The monoisotopic (exact) mass is 267 g/mol. The zero-order valence-corrected chi connectivity index (χ0v) is 11.2. The van der Waals surface area contributed by atoms with Gasteiger partial charge >= 0.3 is 5.69 Å². The van der Waals surface area contributed by atoms with Crippen molar-refractivity contribution in [2.75, 3.05) is 34.2 Å². The van der Waals surface area contributed by atoms with Crippen LogP contribution in [0.25, 0.3) is 0 Å². The molecule has 0 aliphatic rings. The number of nitro benzene ring substituents is 1. The number of nitrogens with zero attached hydrogens (tertiary/aromatic N) is 3. The molecule has 1 aromatic rings. The minimum absolute atomic E-state index is 0.0598. The van der Waals surface area contributed by atoms with E-state index in [0.29, 0.717) is 13.1 Å². The van der Waals surface area contributed by atoms with Crippen LogP contribution in [-0.2, 0) is 0 Å². The van der Waals surface area contributed by atoms with Crippen molar-refractivity contribution in [2.24, 2.45) is 0 Å². The van der Waals surface area contributed by atoms with Crippen molar-refractivity contribution in [1.82, 2.24) is 9.80 Å². The summed E-state index contributed by atoms with van der Waals surface area (Å²) in [6.07, 6.45) is 0. The number of likely N-dealkylation sites (N-methyl/N-ethyl adjacent to an activating group) is 2. The highest BCUT2D eigenvalue weighted by molar-refractivity contribution is 5.97. The van der Waals surface area contributed by atoms with Crippen LogP contribution in [0.4, 0.5) is 5.69 Å². The molecule has 1 N–H and O–H groups in total. The molecule has 0 saturated carbocycles. The number of phenolic OH excluding ortho intramolecular Hbond substituents is 1. The Hall–Kier alpha value is -2.15. The van der Waals surface area contributed by atoms with Crippen molar-refractivity contribution in [3.8, 4) is 5.75 Å². The van der Waals surface area contributed by atoms with Crippen LogP contribution in [0.3, 0.4) is 0 Å². The zero-order chi connectivity index (χ0) is 14.6. The van der Waals surface area contributed by atoms with Gasteiger partial charge in [-0.3, -0.25) is 14.9 Å². The number of phenols is 1. The largest absolute Gasteiger partial charge is 0.502 e. The molecular weight excluding hydrogens is 250 g/mol. The highest BCUT2D eigenvalue weighted by atomic mass is 16.6. The maximum atomic E-state index is 12.1. The topological polar surface area (TPSA) is 86.9 Å². The molecule has 1 rings (SSSR count). The number of carbonyl (C=O) groups excluding carboxylic acids is 1. The third-order valence-corrected chi connectivity index (χ3v) is 2.67. The summed E-state index contributed by atoms with van der Waals surface area (Å²) >= 11 is 0. The smallest absolute Gasteiger partial charge is 0.311 e. The molecule has 1 aromatic carbocycles. The molecule has 1 amide bonds. The van der Waals surface area contributed by atoms with Crippen molar-refractivity contribution >= 4 is 11.6 Å². The van der Waals surface area contributed by atoms with Crippen LogP contribution in [0.1, 0.15) is 10.4 Å². The number of rotatable bonds is 5. The fourth-order valence-corrected chi connectivity index (χ4v) is 1.51. The van der Waals surface area contributed by atoms with E-state index in [1.54, 1.807) is 7.05 Å². The van der Waals surface area contributed by atoms with E-state index in [1.165, 1.54) is 17.0 Å². The van der Waals surface area contributed by atoms with E-state index in [2.05, 4.69) is 0 Å². The van der Waals surface area contributed by atoms with Crippen LogP contribution in [0.15, 0.2) is 18.2 Å². The fourth-order valence-electron chi connectivity index (χ4n) is 1.51. The highest BCUT2D eigenvalue weighted by Gasteiger charge is 2.22. The molecule has 0 aromatic heterocycles. The Balaban J connectivity index is 2.94. The lowest BCUT2D eigenvalue weighted by Crippen LogP contribution is -2.33. The maximum Gasteiger partial charge on any atom is 0.311 e. The summed E-state index contributed by atoms with van der Waals surface area (Å²) in [6, 6.07) is 3.91. The second-order valence-electron chi connectivity index (χ2n) is 4.46. The van der Waals surface area contributed by atoms with Crippen LogP contribution in [0, 0.1) is 10.1 Å². The van der Waals surface area contributed by atoms with E-state index in [-0.39, 0.29) is 5.56 Å². The molecule has 0 spiro atoms. The Morgan fingerprint density at radius 3 is 2.47 bits per heavy atom. The summed E-state index contributed by atoms with van der Waals surface area (Å²) in [5.41, 5.74) is -0.526. The first kappa shape index (κ1) is 14.9. The van der Waals surface area contributed by atoms with Gasteiger partial charge in [0.25, 0.3) is 5.91 Å². The zero-order valence-electron chi connectivity index (χ0n) is 11.2. The van der Waals surface area contributed by atoms with E-state index >= 15 is 0 Å². The van der Waals surface area contributed by atoms with Gasteiger partial charge in [-0.2, -0.15) is 0 Å². The van der Waals surface area contributed by atoms with Crippen molar-refractivity contribution in [1.29, 1.82) is 0 Å².